The van der Waals surface area contributed by atoms with Crippen LogP contribution in [0.25, 0.3) is 0 Å². The Bertz CT molecular complexity index is 471. The molecule has 2 heterocycles. The Morgan fingerprint density at radius 3 is 2.81 bits per heavy atom. The summed E-state index contributed by atoms with van der Waals surface area (Å²) in [6.07, 6.45) is -2.99. The Balaban J connectivity index is 1.67. The van der Waals surface area contributed by atoms with Crippen LogP contribution in [0.1, 0.15) is 49.4 Å². The van der Waals surface area contributed by atoms with Crippen LogP contribution >= 0.6 is 0 Å². The van der Waals surface area contributed by atoms with Crippen molar-refractivity contribution in [2.24, 2.45) is 5.92 Å². The van der Waals surface area contributed by atoms with Gasteiger partial charge in [0.1, 0.15) is 6.10 Å². The van der Waals surface area contributed by atoms with E-state index in [1.807, 2.05) is 0 Å². The number of aromatic nitrogens is 2. The molecule has 1 aliphatic carbocycles. The van der Waals surface area contributed by atoms with Crippen molar-refractivity contribution >= 4 is 0 Å². The average Bonchev–Trinajstić information content (AvgIpc) is 2.97. The summed E-state index contributed by atoms with van der Waals surface area (Å²) in [7, 11) is 0. The molecular weight excluding hydrogens is 287 g/mol. The van der Waals surface area contributed by atoms with E-state index in [1.54, 1.807) is 0 Å². The van der Waals surface area contributed by atoms with E-state index in [0.29, 0.717) is 37.7 Å². The van der Waals surface area contributed by atoms with Crippen LogP contribution in [0.15, 0.2) is 4.52 Å². The van der Waals surface area contributed by atoms with E-state index in [4.69, 9.17) is 9.26 Å². The summed E-state index contributed by atoms with van der Waals surface area (Å²) < 4.78 is 49.2. The van der Waals surface area contributed by atoms with Crippen LogP contribution in [0, 0.1) is 5.92 Å². The van der Waals surface area contributed by atoms with E-state index in [9.17, 15) is 13.2 Å². The molecule has 21 heavy (non-hydrogen) atoms. The summed E-state index contributed by atoms with van der Waals surface area (Å²) in [5.74, 6) is -0.832. The van der Waals surface area contributed by atoms with Crippen molar-refractivity contribution in [1.29, 1.82) is 0 Å². The topological polar surface area (TPSA) is 60.2 Å². The summed E-state index contributed by atoms with van der Waals surface area (Å²) in [4.78, 5) is 4.26. The summed E-state index contributed by atoms with van der Waals surface area (Å²) in [6, 6.07) is 0. The first-order chi connectivity index (χ1) is 10.0. The van der Waals surface area contributed by atoms with Crippen LogP contribution in [0.5, 0.6) is 0 Å². The van der Waals surface area contributed by atoms with Crippen molar-refractivity contribution in [1.82, 2.24) is 15.5 Å². The minimum absolute atomic E-state index is 0.0366. The molecule has 1 saturated heterocycles. The van der Waals surface area contributed by atoms with Crippen LogP contribution in [0.2, 0.25) is 0 Å². The number of ether oxygens (including phenoxy) is 1. The lowest BCUT2D eigenvalue weighted by Gasteiger charge is -2.28. The third kappa shape index (κ3) is 3.37. The predicted octanol–water partition coefficient (Wildman–Crippen LogP) is 2.57. The number of hydrogen-bond donors (Lipinski definition) is 1. The van der Waals surface area contributed by atoms with Crippen LogP contribution in [0.3, 0.4) is 0 Å². The van der Waals surface area contributed by atoms with E-state index in [2.05, 4.69) is 15.5 Å². The Morgan fingerprint density at radius 1 is 1.24 bits per heavy atom. The summed E-state index contributed by atoms with van der Waals surface area (Å²) >= 11 is 0. The van der Waals surface area contributed by atoms with Crippen LogP contribution < -0.4 is 5.32 Å². The molecule has 118 valence electrons. The van der Waals surface area contributed by atoms with Crippen molar-refractivity contribution in [2.75, 3.05) is 19.7 Å². The zero-order valence-electron chi connectivity index (χ0n) is 11.5. The fourth-order valence-corrected chi connectivity index (χ4v) is 2.99. The number of nitrogens with one attached hydrogen (secondary N) is 1. The second kappa shape index (κ2) is 5.92. The highest BCUT2D eigenvalue weighted by Gasteiger charge is 2.43. The number of morpholine rings is 1. The van der Waals surface area contributed by atoms with Crippen LogP contribution in [-0.4, -0.2) is 36.0 Å². The number of halogens is 3. The minimum Gasteiger partial charge on any atom is -0.367 e. The van der Waals surface area contributed by atoms with E-state index in [-0.39, 0.29) is 24.9 Å². The standard InChI is InChI=1S/C13H18F3N3O2/c14-13(15,16)9-3-1-2-8(6-9)12-18-11(19-21-12)10-7-17-4-5-20-10/h8-10,17H,1-7H2. The molecule has 1 saturated carbocycles. The maximum Gasteiger partial charge on any atom is 0.391 e. The van der Waals surface area contributed by atoms with Crippen molar-refractivity contribution in [3.63, 3.8) is 0 Å². The van der Waals surface area contributed by atoms with Gasteiger partial charge >= 0.3 is 6.18 Å². The van der Waals surface area contributed by atoms with E-state index >= 15 is 0 Å². The van der Waals surface area contributed by atoms with Gasteiger partial charge in [-0.05, 0) is 19.3 Å². The van der Waals surface area contributed by atoms with E-state index in [1.165, 1.54) is 0 Å². The first-order valence-corrected chi connectivity index (χ1v) is 7.26. The number of alkyl halides is 3. The van der Waals surface area contributed by atoms with E-state index in [0.717, 1.165) is 6.54 Å². The second-order valence-corrected chi connectivity index (χ2v) is 5.66. The Labute approximate surface area is 120 Å². The summed E-state index contributed by atoms with van der Waals surface area (Å²) in [5.41, 5.74) is 0. The lowest BCUT2D eigenvalue weighted by atomic mass is 9.81. The smallest absolute Gasteiger partial charge is 0.367 e. The fourth-order valence-electron chi connectivity index (χ4n) is 2.99. The highest BCUT2D eigenvalue weighted by molar-refractivity contribution is 5.00. The molecule has 2 fully saturated rings. The third-order valence-corrected chi connectivity index (χ3v) is 4.16. The lowest BCUT2D eigenvalue weighted by molar-refractivity contribution is -0.183. The highest BCUT2D eigenvalue weighted by Crippen LogP contribution is 2.43. The van der Waals surface area contributed by atoms with Gasteiger partial charge in [0.25, 0.3) is 0 Å². The summed E-state index contributed by atoms with van der Waals surface area (Å²) in [5, 5.41) is 7.02. The molecule has 8 heteroatoms. The fraction of sp³-hybridized carbons (Fsp3) is 0.846. The predicted molar refractivity (Wildman–Crippen MR) is 66.6 cm³/mol. The summed E-state index contributed by atoms with van der Waals surface area (Å²) in [6.45, 7) is 1.93. The average molecular weight is 305 g/mol. The van der Waals surface area contributed by atoms with Gasteiger partial charge in [0.05, 0.1) is 12.5 Å². The molecule has 0 spiro atoms. The van der Waals surface area contributed by atoms with Crippen molar-refractivity contribution in [2.45, 2.75) is 43.9 Å². The molecule has 1 N–H and O–H groups in total. The SMILES string of the molecule is FC(F)(F)C1CCCC(c2nc(C3CNCCO3)no2)C1. The zero-order valence-corrected chi connectivity index (χ0v) is 11.5. The van der Waals surface area contributed by atoms with Crippen molar-refractivity contribution in [3.8, 4) is 0 Å². The van der Waals surface area contributed by atoms with Gasteiger partial charge in [-0.25, -0.2) is 0 Å². The molecule has 5 nitrogen and oxygen atoms in total. The molecular formula is C13H18F3N3O2. The van der Waals surface area contributed by atoms with Gasteiger partial charge in [-0.15, -0.1) is 0 Å². The Kier molecular flexibility index (Phi) is 4.17. The minimum atomic E-state index is -4.14. The largest absolute Gasteiger partial charge is 0.391 e. The first kappa shape index (κ1) is 14.8. The zero-order chi connectivity index (χ0) is 14.9. The molecule has 0 radical (unpaired) electrons. The molecule has 0 bridgehead atoms. The van der Waals surface area contributed by atoms with Gasteiger partial charge < -0.3 is 14.6 Å². The Hall–Kier alpha value is -1.15. The monoisotopic (exact) mass is 305 g/mol. The number of hydrogen-bond acceptors (Lipinski definition) is 5. The van der Waals surface area contributed by atoms with Gasteiger partial charge in [0.2, 0.25) is 11.7 Å². The first-order valence-electron chi connectivity index (χ1n) is 7.26. The van der Waals surface area contributed by atoms with E-state index < -0.39 is 12.1 Å². The molecule has 3 atom stereocenters. The molecule has 1 aromatic rings. The lowest BCUT2D eigenvalue weighted by Crippen LogP contribution is -2.33. The van der Waals surface area contributed by atoms with Crippen LogP contribution in [-0.2, 0) is 4.74 Å². The van der Waals surface area contributed by atoms with Gasteiger partial charge in [0, 0.05) is 19.0 Å². The second-order valence-electron chi connectivity index (χ2n) is 5.66. The maximum atomic E-state index is 12.8. The van der Waals surface area contributed by atoms with Gasteiger partial charge in [0.15, 0.2) is 0 Å². The van der Waals surface area contributed by atoms with Gasteiger partial charge in [-0.1, -0.05) is 11.6 Å². The molecule has 1 aromatic heterocycles. The van der Waals surface area contributed by atoms with Crippen molar-refractivity contribution in [3.05, 3.63) is 11.7 Å². The normalized spacial score (nSPS) is 31.3. The Morgan fingerprint density at radius 2 is 2.10 bits per heavy atom. The molecule has 3 unspecified atom stereocenters. The van der Waals surface area contributed by atoms with Gasteiger partial charge in [-0.3, -0.25) is 0 Å². The molecule has 1 aliphatic heterocycles. The third-order valence-electron chi connectivity index (χ3n) is 4.16. The maximum absolute atomic E-state index is 12.8. The molecule has 0 amide bonds. The number of rotatable bonds is 2. The van der Waals surface area contributed by atoms with Crippen LogP contribution in [0.4, 0.5) is 13.2 Å². The van der Waals surface area contributed by atoms with Gasteiger partial charge in [-0.2, -0.15) is 18.2 Å². The quantitative estimate of drug-likeness (QED) is 0.910. The number of nitrogens with zero attached hydrogens (tertiary/aromatic N) is 2. The van der Waals surface area contributed by atoms with Crippen molar-refractivity contribution < 1.29 is 22.4 Å². The molecule has 3 rings (SSSR count). The molecule has 0 aromatic carbocycles. The molecule has 2 aliphatic rings. The highest BCUT2D eigenvalue weighted by atomic mass is 19.4.